The Morgan fingerprint density at radius 1 is 1.33 bits per heavy atom. The molecule has 0 amide bonds. The summed E-state index contributed by atoms with van der Waals surface area (Å²) in [6.07, 6.45) is -2.79. The number of halogens is 1. The fraction of sp³-hybridized carbons (Fsp3) is 0.500. The molecule has 0 bridgehead atoms. The van der Waals surface area contributed by atoms with Crippen molar-refractivity contribution in [3.8, 4) is 11.3 Å². The Labute approximate surface area is 196 Å². The molecule has 0 radical (unpaired) electrons. The molecule has 1 heterocycles. The molecule has 2 aromatic rings. The lowest BCUT2D eigenvalue weighted by Crippen LogP contribution is -2.33. The van der Waals surface area contributed by atoms with E-state index < -0.39 is 36.3 Å². The van der Waals surface area contributed by atoms with Gasteiger partial charge in [0.05, 0.1) is 30.7 Å². The summed E-state index contributed by atoms with van der Waals surface area (Å²) in [5, 5.41) is 33.1. The number of anilines is 1. The largest absolute Gasteiger partial charge is 0.550 e. The zero-order valence-electron chi connectivity index (χ0n) is 18.8. The van der Waals surface area contributed by atoms with Gasteiger partial charge in [0.15, 0.2) is 12.5 Å². The first kappa shape index (κ1) is 26.7. The maximum absolute atomic E-state index is 14.1. The number of hydrogen-bond acceptors (Lipinski definition) is 10. The minimum atomic E-state index is -1.40. The Bertz CT molecular complexity index is 993. The van der Waals surface area contributed by atoms with Crippen molar-refractivity contribution in [3.05, 3.63) is 40.8 Å². The van der Waals surface area contributed by atoms with Gasteiger partial charge in [0, 0.05) is 42.9 Å². The summed E-state index contributed by atoms with van der Waals surface area (Å²) in [7, 11) is 3.19. The van der Waals surface area contributed by atoms with Gasteiger partial charge in [-0.15, -0.1) is 0 Å². The van der Waals surface area contributed by atoms with E-state index in [0.717, 1.165) is 11.3 Å². The van der Waals surface area contributed by atoms with E-state index >= 15 is 0 Å². The Hall–Kier alpha value is -2.60. The lowest BCUT2D eigenvalue weighted by Gasteiger charge is -2.33. The Kier molecular flexibility index (Phi) is 9.29. The number of hydrogen-bond donors (Lipinski definition) is 2. The van der Waals surface area contributed by atoms with Crippen LogP contribution in [0.3, 0.4) is 0 Å². The number of carbonyl (C=O) groups excluding carboxylic acids is 1. The number of carboxylic acids is 1. The lowest BCUT2D eigenvalue weighted by atomic mass is 9.75. The first-order valence-corrected chi connectivity index (χ1v) is 10.7. The maximum atomic E-state index is 14.1. The van der Waals surface area contributed by atoms with E-state index in [4.69, 9.17) is 9.05 Å². The van der Waals surface area contributed by atoms with Gasteiger partial charge in [-0.2, -0.15) is 4.21 Å². The molecule has 0 unspecified atom stereocenters. The van der Waals surface area contributed by atoms with Crippen molar-refractivity contribution < 1.29 is 33.6 Å². The summed E-state index contributed by atoms with van der Waals surface area (Å²) >= 11 is 2.83. The molecule has 0 aliphatic heterocycles. The number of fused-ring (bicyclic) bond motifs is 3. The minimum Gasteiger partial charge on any atom is -0.550 e. The van der Waals surface area contributed by atoms with Crippen molar-refractivity contribution in [3.63, 3.8) is 0 Å². The van der Waals surface area contributed by atoms with Gasteiger partial charge in [0.1, 0.15) is 5.82 Å². The fourth-order valence-corrected chi connectivity index (χ4v) is 4.06. The number of nitrogens with zero attached hydrogens (tertiary/aromatic N) is 3. The Morgan fingerprint density at radius 2 is 2.00 bits per heavy atom. The van der Waals surface area contributed by atoms with Gasteiger partial charge in [-0.1, -0.05) is 13.8 Å². The third-order valence-electron chi connectivity index (χ3n) is 5.60. The molecule has 0 saturated heterocycles. The van der Waals surface area contributed by atoms with Gasteiger partial charge >= 0.3 is 0 Å². The number of carboxylic acid groups (broad SMARTS) is 1. The first-order valence-electron chi connectivity index (χ1n) is 10.3. The molecule has 3 atom stereocenters. The number of benzene rings is 1. The van der Waals surface area contributed by atoms with Gasteiger partial charge in [-0.25, -0.2) is 19.4 Å². The summed E-state index contributed by atoms with van der Waals surface area (Å²) < 4.78 is 22.0. The quantitative estimate of drug-likeness (QED) is 0.526. The highest BCUT2D eigenvalue weighted by molar-refractivity contribution is 7.44. The zero-order chi connectivity index (χ0) is 24.9. The highest BCUT2D eigenvalue weighted by Crippen LogP contribution is 2.44. The molecule has 180 valence electrons. The second-order valence-corrected chi connectivity index (χ2v) is 8.15. The Morgan fingerprint density at radius 3 is 2.58 bits per heavy atom. The van der Waals surface area contributed by atoms with Crippen LogP contribution in [0, 0.1) is 5.82 Å². The van der Waals surface area contributed by atoms with Crippen LogP contribution in [0.1, 0.15) is 55.3 Å². The van der Waals surface area contributed by atoms with Gasteiger partial charge in [0.25, 0.3) is 0 Å². The number of carbonyl (C=O) groups is 1. The summed E-state index contributed by atoms with van der Waals surface area (Å²) in [6.45, 7) is 3.99. The van der Waals surface area contributed by atoms with Gasteiger partial charge in [-0.3, -0.25) is 4.84 Å². The Balaban J connectivity index is 0.00000187. The van der Waals surface area contributed by atoms with E-state index in [9.17, 15) is 24.5 Å². The van der Waals surface area contributed by atoms with Crippen molar-refractivity contribution in [1.82, 2.24) is 9.97 Å². The molecule has 11 heteroatoms. The molecular formula is C22H27FN3O6S-. The molecule has 1 aliphatic carbocycles. The first-order chi connectivity index (χ1) is 15.6. The maximum Gasteiger partial charge on any atom is 0.250 e. The van der Waals surface area contributed by atoms with E-state index in [1.165, 1.54) is 24.3 Å². The molecule has 9 nitrogen and oxygen atoms in total. The highest BCUT2D eigenvalue weighted by Gasteiger charge is 2.35. The second-order valence-electron chi connectivity index (χ2n) is 8.15. The van der Waals surface area contributed by atoms with Crippen LogP contribution in [-0.2, 0) is 28.6 Å². The minimum absolute atomic E-state index is 0.0456. The van der Waals surface area contributed by atoms with Crippen LogP contribution in [0.2, 0.25) is 0 Å². The topological polar surface area (TPSA) is 136 Å². The van der Waals surface area contributed by atoms with Gasteiger partial charge < -0.3 is 20.1 Å². The van der Waals surface area contributed by atoms with E-state index in [2.05, 4.69) is 22.5 Å². The van der Waals surface area contributed by atoms with Crippen LogP contribution >= 0.6 is 0 Å². The average molecular weight is 481 g/mol. The molecule has 0 spiro atoms. The number of aliphatic hydroxyl groups excluding tert-OH is 2. The lowest BCUT2D eigenvalue weighted by molar-refractivity contribution is -0.307. The summed E-state index contributed by atoms with van der Waals surface area (Å²) in [5.41, 5.74) is 3.48. The van der Waals surface area contributed by atoms with E-state index in [1.807, 2.05) is 13.8 Å². The molecule has 2 N–H and O–H groups in total. The average Bonchev–Trinajstić information content (AvgIpc) is 2.77. The molecular weight excluding hydrogens is 453 g/mol. The molecule has 1 aliphatic rings. The second kappa shape index (κ2) is 11.5. The van der Waals surface area contributed by atoms with Crippen molar-refractivity contribution in [2.24, 2.45) is 0 Å². The summed E-state index contributed by atoms with van der Waals surface area (Å²) in [4.78, 5) is 25.3. The van der Waals surface area contributed by atoms with Crippen molar-refractivity contribution in [1.29, 1.82) is 0 Å². The SMILES string of the molecule is CON(C)c1nc2c(c(C(C)C)n1)C[C@@H]([C@@H](O)C[C@@H](O)CC(=O)[O-])c1cc(F)ccc1-2.O=S. The predicted molar refractivity (Wildman–Crippen MR) is 118 cm³/mol. The van der Waals surface area contributed by atoms with Gasteiger partial charge in [0.2, 0.25) is 5.95 Å². The monoisotopic (exact) mass is 480 g/mol. The fourth-order valence-electron chi connectivity index (χ4n) is 4.06. The van der Waals surface area contributed by atoms with Crippen LogP contribution in [0.15, 0.2) is 18.2 Å². The number of aromatic nitrogens is 2. The number of aliphatic carboxylic acids is 1. The predicted octanol–water partition coefficient (Wildman–Crippen LogP) is 0.959. The number of aliphatic hydroxyl groups is 2. The molecule has 3 rings (SSSR count). The highest BCUT2D eigenvalue weighted by atomic mass is 32.1. The van der Waals surface area contributed by atoms with Crippen molar-refractivity contribution in [2.45, 2.75) is 57.2 Å². The van der Waals surface area contributed by atoms with Crippen molar-refractivity contribution in [2.75, 3.05) is 19.2 Å². The zero-order valence-corrected chi connectivity index (χ0v) is 19.6. The number of hydroxylamine groups is 1. The number of rotatable bonds is 8. The summed E-state index contributed by atoms with van der Waals surface area (Å²) in [6, 6.07) is 4.31. The molecule has 0 saturated carbocycles. The standard InChI is InChI=1S/C22H28FN3O5.OS/c1-11(2)20-17-10-16(18(28)8-13(27)9-19(29)30)15-7-12(23)5-6-14(15)21(17)25-22(24-20)26(3)31-4;1-2/h5-7,11,13,16,18,27-28H,8-10H2,1-4H3,(H,29,30);/p-1/t13-,16-,18+;/m1./s1. The molecule has 1 aromatic heterocycles. The van der Waals surface area contributed by atoms with Crippen LogP contribution < -0.4 is 10.2 Å². The van der Waals surface area contributed by atoms with E-state index in [1.54, 1.807) is 13.1 Å². The van der Waals surface area contributed by atoms with Crippen molar-refractivity contribution >= 4 is 24.5 Å². The van der Waals surface area contributed by atoms with Crippen LogP contribution in [0.4, 0.5) is 10.3 Å². The molecule has 33 heavy (non-hydrogen) atoms. The summed E-state index contributed by atoms with van der Waals surface area (Å²) in [5.74, 6) is -2.00. The third-order valence-corrected chi connectivity index (χ3v) is 5.60. The van der Waals surface area contributed by atoms with Gasteiger partial charge in [-0.05, 0) is 36.1 Å². The third kappa shape index (κ3) is 6.05. The van der Waals surface area contributed by atoms with Crippen LogP contribution in [0.5, 0.6) is 0 Å². The van der Waals surface area contributed by atoms with E-state index in [-0.39, 0.29) is 12.3 Å². The smallest absolute Gasteiger partial charge is 0.250 e. The van der Waals surface area contributed by atoms with E-state index in [0.29, 0.717) is 29.2 Å². The normalized spacial score (nSPS) is 16.2. The molecule has 0 fully saturated rings. The van der Waals surface area contributed by atoms with Crippen LogP contribution in [-0.4, -0.2) is 56.7 Å². The van der Waals surface area contributed by atoms with Crippen LogP contribution in [0.25, 0.3) is 11.3 Å². The molecule has 1 aromatic carbocycles.